The summed E-state index contributed by atoms with van der Waals surface area (Å²) in [4.78, 5) is 11.2. The third-order valence-electron chi connectivity index (χ3n) is 3.33. The minimum absolute atomic E-state index is 0.792. The van der Waals surface area contributed by atoms with Crippen LogP contribution in [0.15, 0.2) is 42.7 Å². The number of nitrogens with zero attached hydrogens (tertiary/aromatic N) is 3. The van der Waals surface area contributed by atoms with E-state index in [-0.39, 0.29) is 0 Å². The summed E-state index contributed by atoms with van der Waals surface area (Å²) in [6.45, 7) is 7.88. The summed E-state index contributed by atoms with van der Waals surface area (Å²) in [6.07, 6.45) is 4.97. The number of hydrogen-bond acceptors (Lipinski definition) is 4. The van der Waals surface area contributed by atoms with Gasteiger partial charge >= 0.3 is 0 Å². The van der Waals surface area contributed by atoms with Crippen LogP contribution in [0.25, 0.3) is 0 Å². The number of nitrogens with one attached hydrogen (secondary N) is 1. The summed E-state index contributed by atoms with van der Waals surface area (Å²) in [5.41, 5.74) is 2.40. The van der Waals surface area contributed by atoms with Gasteiger partial charge in [0, 0.05) is 37.6 Å². The van der Waals surface area contributed by atoms with Crippen LogP contribution in [0.1, 0.15) is 31.4 Å². The summed E-state index contributed by atoms with van der Waals surface area (Å²) in [7, 11) is 0. The van der Waals surface area contributed by atoms with Crippen LogP contribution in [0.2, 0.25) is 0 Å². The molecule has 21 heavy (non-hydrogen) atoms. The zero-order valence-corrected chi connectivity index (χ0v) is 12.9. The third kappa shape index (κ3) is 4.83. The van der Waals surface area contributed by atoms with Gasteiger partial charge in [-0.3, -0.25) is 0 Å². The SMILES string of the molecule is CCCNCc1cnc(N(CC)Cc2ccccc2)nc1. The van der Waals surface area contributed by atoms with Crippen LogP contribution in [0.4, 0.5) is 5.95 Å². The molecule has 0 fully saturated rings. The molecule has 0 bridgehead atoms. The summed E-state index contributed by atoms with van der Waals surface area (Å²) < 4.78 is 0. The highest BCUT2D eigenvalue weighted by molar-refractivity contribution is 5.32. The number of anilines is 1. The standard InChI is InChI=1S/C17H24N4/c1-3-10-18-11-16-12-19-17(20-13-16)21(4-2)14-15-8-6-5-7-9-15/h5-9,12-13,18H,3-4,10-11,14H2,1-2H3. The Labute approximate surface area is 127 Å². The van der Waals surface area contributed by atoms with E-state index in [0.717, 1.165) is 44.1 Å². The van der Waals surface area contributed by atoms with Crippen molar-refractivity contribution in [1.82, 2.24) is 15.3 Å². The second-order valence-electron chi connectivity index (χ2n) is 5.07. The number of hydrogen-bond donors (Lipinski definition) is 1. The minimum Gasteiger partial charge on any atom is -0.337 e. The molecule has 1 aromatic carbocycles. The predicted molar refractivity (Wildman–Crippen MR) is 87.2 cm³/mol. The van der Waals surface area contributed by atoms with Gasteiger partial charge in [0.25, 0.3) is 0 Å². The van der Waals surface area contributed by atoms with Gasteiger partial charge in [-0.1, -0.05) is 37.3 Å². The smallest absolute Gasteiger partial charge is 0.225 e. The summed E-state index contributed by atoms with van der Waals surface area (Å²) >= 11 is 0. The molecule has 0 unspecified atom stereocenters. The maximum absolute atomic E-state index is 4.50. The van der Waals surface area contributed by atoms with Gasteiger partial charge in [0.1, 0.15) is 0 Å². The fourth-order valence-corrected chi connectivity index (χ4v) is 2.14. The first-order chi connectivity index (χ1) is 10.3. The number of aromatic nitrogens is 2. The summed E-state index contributed by atoms with van der Waals surface area (Å²) in [5, 5.41) is 3.36. The monoisotopic (exact) mass is 284 g/mol. The Morgan fingerprint density at radius 3 is 2.33 bits per heavy atom. The van der Waals surface area contributed by atoms with Gasteiger partial charge in [-0.2, -0.15) is 0 Å². The second kappa shape index (κ2) is 8.37. The highest BCUT2D eigenvalue weighted by Gasteiger charge is 2.08. The molecule has 1 aromatic heterocycles. The predicted octanol–water partition coefficient (Wildman–Crippen LogP) is 3.00. The maximum Gasteiger partial charge on any atom is 0.225 e. The minimum atomic E-state index is 0.792. The fraction of sp³-hybridized carbons (Fsp3) is 0.412. The van der Waals surface area contributed by atoms with Crippen molar-refractivity contribution < 1.29 is 0 Å². The molecule has 2 rings (SSSR count). The molecule has 1 N–H and O–H groups in total. The molecule has 2 aromatic rings. The van der Waals surface area contributed by atoms with Gasteiger partial charge in [0.05, 0.1) is 0 Å². The molecule has 0 amide bonds. The van der Waals surface area contributed by atoms with E-state index in [1.807, 2.05) is 18.5 Å². The van der Waals surface area contributed by atoms with Crippen molar-refractivity contribution in [2.24, 2.45) is 0 Å². The van der Waals surface area contributed by atoms with Crippen molar-refractivity contribution in [1.29, 1.82) is 0 Å². The molecule has 0 spiro atoms. The molecular weight excluding hydrogens is 260 g/mol. The van der Waals surface area contributed by atoms with Crippen molar-refractivity contribution in [3.05, 3.63) is 53.9 Å². The average Bonchev–Trinajstić information content (AvgIpc) is 2.55. The largest absolute Gasteiger partial charge is 0.337 e. The van der Waals surface area contributed by atoms with Gasteiger partial charge in [0.15, 0.2) is 0 Å². The summed E-state index contributed by atoms with van der Waals surface area (Å²) in [6, 6.07) is 10.4. The second-order valence-corrected chi connectivity index (χ2v) is 5.07. The molecule has 0 aliphatic heterocycles. The Balaban J connectivity index is 1.98. The lowest BCUT2D eigenvalue weighted by molar-refractivity contribution is 0.670. The molecule has 4 heteroatoms. The van der Waals surface area contributed by atoms with E-state index < -0.39 is 0 Å². The average molecular weight is 284 g/mol. The highest BCUT2D eigenvalue weighted by Crippen LogP contribution is 2.11. The quantitative estimate of drug-likeness (QED) is 0.757. The van der Waals surface area contributed by atoms with Gasteiger partial charge in [0.2, 0.25) is 5.95 Å². The van der Waals surface area contributed by atoms with E-state index in [2.05, 4.69) is 58.3 Å². The van der Waals surface area contributed by atoms with E-state index in [1.165, 1.54) is 5.56 Å². The maximum atomic E-state index is 4.50. The lowest BCUT2D eigenvalue weighted by atomic mass is 10.2. The van der Waals surface area contributed by atoms with E-state index in [4.69, 9.17) is 0 Å². The molecule has 0 saturated carbocycles. The van der Waals surface area contributed by atoms with Crippen LogP contribution in [0, 0.1) is 0 Å². The van der Waals surface area contributed by atoms with Gasteiger partial charge in [-0.15, -0.1) is 0 Å². The van der Waals surface area contributed by atoms with Crippen LogP contribution in [0.5, 0.6) is 0 Å². The molecular formula is C17H24N4. The number of benzene rings is 1. The van der Waals surface area contributed by atoms with Crippen LogP contribution in [-0.2, 0) is 13.1 Å². The van der Waals surface area contributed by atoms with Crippen molar-refractivity contribution in [3.63, 3.8) is 0 Å². The molecule has 0 atom stereocenters. The first-order valence-electron chi connectivity index (χ1n) is 7.64. The molecule has 1 heterocycles. The highest BCUT2D eigenvalue weighted by atomic mass is 15.2. The van der Waals surface area contributed by atoms with Crippen molar-refractivity contribution >= 4 is 5.95 Å². The Hall–Kier alpha value is -1.94. The Morgan fingerprint density at radius 1 is 1.00 bits per heavy atom. The summed E-state index contributed by atoms with van der Waals surface area (Å²) in [5.74, 6) is 0.792. The van der Waals surface area contributed by atoms with Crippen LogP contribution < -0.4 is 10.2 Å². The number of rotatable bonds is 8. The van der Waals surface area contributed by atoms with E-state index in [0.29, 0.717) is 0 Å². The van der Waals surface area contributed by atoms with Gasteiger partial charge < -0.3 is 10.2 Å². The van der Waals surface area contributed by atoms with Crippen LogP contribution in [0.3, 0.4) is 0 Å². The van der Waals surface area contributed by atoms with E-state index in [9.17, 15) is 0 Å². The lowest BCUT2D eigenvalue weighted by Gasteiger charge is -2.20. The molecule has 0 aliphatic rings. The molecule has 112 valence electrons. The fourth-order valence-electron chi connectivity index (χ4n) is 2.14. The third-order valence-corrected chi connectivity index (χ3v) is 3.33. The Kier molecular flexibility index (Phi) is 6.16. The molecule has 4 nitrogen and oxygen atoms in total. The zero-order chi connectivity index (χ0) is 14.9. The Morgan fingerprint density at radius 2 is 1.71 bits per heavy atom. The van der Waals surface area contributed by atoms with E-state index >= 15 is 0 Å². The first-order valence-corrected chi connectivity index (χ1v) is 7.64. The van der Waals surface area contributed by atoms with Crippen molar-refractivity contribution in [2.45, 2.75) is 33.4 Å². The topological polar surface area (TPSA) is 41.1 Å². The zero-order valence-electron chi connectivity index (χ0n) is 12.9. The molecule has 0 saturated heterocycles. The van der Waals surface area contributed by atoms with Crippen molar-refractivity contribution in [3.8, 4) is 0 Å². The Bertz CT molecular complexity index is 510. The van der Waals surface area contributed by atoms with Crippen LogP contribution in [-0.4, -0.2) is 23.1 Å². The first kappa shape index (κ1) is 15.4. The van der Waals surface area contributed by atoms with Crippen molar-refractivity contribution in [2.75, 3.05) is 18.0 Å². The van der Waals surface area contributed by atoms with Crippen LogP contribution >= 0.6 is 0 Å². The van der Waals surface area contributed by atoms with Gasteiger partial charge in [-0.25, -0.2) is 9.97 Å². The molecule has 0 aliphatic carbocycles. The van der Waals surface area contributed by atoms with Gasteiger partial charge in [-0.05, 0) is 25.5 Å². The lowest BCUT2D eigenvalue weighted by Crippen LogP contribution is -2.24. The normalized spacial score (nSPS) is 10.6. The molecule has 0 radical (unpaired) electrons. The van der Waals surface area contributed by atoms with E-state index in [1.54, 1.807) is 0 Å².